The molecule has 6 heteroatoms. The van der Waals surface area contributed by atoms with Gasteiger partial charge < -0.3 is 9.47 Å². The zero-order valence-electron chi connectivity index (χ0n) is 16.2. The summed E-state index contributed by atoms with van der Waals surface area (Å²) in [6, 6.07) is 9.57. The van der Waals surface area contributed by atoms with Crippen molar-refractivity contribution in [2.24, 2.45) is 7.05 Å². The van der Waals surface area contributed by atoms with E-state index in [1.807, 2.05) is 35.2 Å². The SMILES string of the molecule is Cn1c(CN2CCCCC2)nnc1[C@H]1CCCN(C(=O)c2ccccc2)C1. The van der Waals surface area contributed by atoms with Gasteiger partial charge in [-0.1, -0.05) is 24.6 Å². The molecule has 1 amide bonds. The minimum Gasteiger partial charge on any atom is -0.338 e. The first kappa shape index (κ1) is 18.2. The Morgan fingerprint density at radius 3 is 2.59 bits per heavy atom. The van der Waals surface area contributed by atoms with Crippen LogP contribution in [0.5, 0.6) is 0 Å². The zero-order chi connectivity index (χ0) is 18.6. The lowest BCUT2D eigenvalue weighted by Gasteiger charge is -2.32. The molecule has 0 saturated carbocycles. The van der Waals surface area contributed by atoms with E-state index in [-0.39, 0.29) is 11.8 Å². The lowest BCUT2D eigenvalue weighted by molar-refractivity contribution is 0.0703. The molecule has 6 nitrogen and oxygen atoms in total. The predicted molar refractivity (Wildman–Crippen MR) is 104 cm³/mol. The van der Waals surface area contributed by atoms with Crippen molar-refractivity contribution in [3.8, 4) is 0 Å². The van der Waals surface area contributed by atoms with Gasteiger partial charge in [-0.15, -0.1) is 10.2 Å². The number of hydrogen-bond donors (Lipinski definition) is 0. The Labute approximate surface area is 161 Å². The first-order valence-electron chi connectivity index (χ1n) is 10.2. The molecule has 0 unspecified atom stereocenters. The smallest absolute Gasteiger partial charge is 0.253 e. The van der Waals surface area contributed by atoms with Crippen LogP contribution in [0.25, 0.3) is 0 Å². The van der Waals surface area contributed by atoms with Crippen LogP contribution in [0, 0.1) is 0 Å². The molecule has 2 saturated heterocycles. The van der Waals surface area contributed by atoms with Crippen LogP contribution in [0.1, 0.15) is 60.0 Å². The topological polar surface area (TPSA) is 54.3 Å². The summed E-state index contributed by atoms with van der Waals surface area (Å²) in [4.78, 5) is 17.3. The van der Waals surface area contributed by atoms with Gasteiger partial charge in [0, 0.05) is 31.6 Å². The summed E-state index contributed by atoms with van der Waals surface area (Å²) >= 11 is 0. The molecule has 0 bridgehead atoms. The van der Waals surface area contributed by atoms with Crippen LogP contribution in [-0.2, 0) is 13.6 Å². The monoisotopic (exact) mass is 367 g/mol. The molecule has 2 aromatic rings. The summed E-state index contributed by atoms with van der Waals surface area (Å²) in [6.07, 6.45) is 5.98. The average molecular weight is 367 g/mol. The number of hydrogen-bond acceptors (Lipinski definition) is 4. The third-order valence-electron chi connectivity index (χ3n) is 5.91. The number of amides is 1. The molecule has 4 rings (SSSR count). The highest BCUT2D eigenvalue weighted by Gasteiger charge is 2.29. The van der Waals surface area contributed by atoms with Gasteiger partial charge in [-0.3, -0.25) is 9.69 Å². The van der Waals surface area contributed by atoms with Crippen LogP contribution in [0.4, 0.5) is 0 Å². The molecule has 0 spiro atoms. The van der Waals surface area contributed by atoms with E-state index in [1.165, 1.54) is 19.3 Å². The van der Waals surface area contributed by atoms with Crippen molar-refractivity contribution in [3.63, 3.8) is 0 Å². The van der Waals surface area contributed by atoms with Gasteiger partial charge in [0.25, 0.3) is 5.91 Å². The molecule has 2 aliphatic heterocycles. The van der Waals surface area contributed by atoms with Gasteiger partial charge in [0.15, 0.2) is 0 Å². The number of benzene rings is 1. The normalized spacial score (nSPS) is 21.4. The number of nitrogens with zero attached hydrogens (tertiary/aromatic N) is 5. The van der Waals surface area contributed by atoms with E-state index in [0.717, 1.165) is 62.8 Å². The standard InChI is InChI=1S/C21H29N5O/c1-24-19(16-25-12-6-3-7-13-25)22-23-20(24)18-11-8-14-26(15-18)21(27)17-9-4-2-5-10-17/h2,4-5,9-10,18H,3,6-8,11-16H2,1H3/t18-/m0/s1. The zero-order valence-corrected chi connectivity index (χ0v) is 16.2. The summed E-state index contributed by atoms with van der Waals surface area (Å²) < 4.78 is 2.16. The molecule has 1 aromatic carbocycles. The summed E-state index contributed by atoms with van der Waals surface area (Å²) in [5, 5.41) is 9.00. The van der Waals surface area contributed by atoms with E-state index in [1.54, 1.807) is 0 Å². The lowest BCUT2D eigenvalue weighted by Crippen LogP contribution is -2.39. The maximum absolute atomic E-state index is 12.8. The van der Waals surface area contributed by atoms with Crippen molar-refractivity contribution >= 4 is 5.91 Å². The van der Waals surface area contributed by atoms with Gasteiger partial charge in [-0.05, 0) is 50.9 Å². The number of carbonyl (C=O) groups excluding carboxylic acids is 1. The highest BCUT2D eigenvalue weighted by atomic mass is 16.2. The minimum atomic E-state index is 0.121. The second-order valence-electron chi connectivity index (χ2n) is 7.83. The van der Waals surface area contributed by atoms with Crippen LogP contribution in [0.2, 0.25) is 0 Å². The van der Waals surface area contributed by atoms with Gasteiger partial charge in [0.1, 0.15) is 11.6 Å². The summed E-state index contributed by atoms with van der Waals surface area (Å²) in [6.45, 7) is 4.74. The molecule has 3 heterocycles. The van der Waals surface area contributed by atoms with Gasteiger partial charge in [-0.25, -0.2) is 0 Å². The molecule has 144 valence electrons. The van der Waals surface area contributed by atoms with Crippen molar-refractivity contribution in [1.29, 1.82) is 0 Å². The van der Waals surface area contributed by atoms with Crippen molar-refractivity contribution in [2.75, 3.05) is 26.2 Å². The molecular formula is C21H29N5O. The first-order valence-corrected chi connectivity index (χ1v) is 10.2. The first-order chi connectivity index (χ1) is 13.2. The summed E-state index contributed by atoms with van der Waals surface area (Å²) in [5.74, 6) is 2.45. The maximum Gasteiger partial charge on any atom is 0.253 e. The quantitative estimate of drug-likeness (QED) is 0.834. The fraction of sp³-hybridized carbons (Fsp3) is 0.571. The Kier molecular flexibility index (Phi) is 5.53. The van der Waals surface area contributed by atoms with Crippen LogP contribution in [0.15, 0.2) is 30.3 Å². The fourth-order valence-corrected chi connectivity index (χ4v) is 4.32. The van der Waals surface area contributed by atoms with Crippen molar-refractivity contribution < 1.29 is 4.79 Å². The van der Waals surface area contributed by atoms with E-state index in [4.69, 9.17) is 0 Å². The van der Waals surface area contributed by atoms with Gasteiger partial charge >= 0.3 is 0 Å². The fourth-order valence-electron chi connectivity index (χ4n) is 4.32. The maximum atomic E-state index is 12.8. The average Bonchev–Trinajstić information content (AvgIpc) is 3.09. The van der Waals surface area contributed by atoms with E-state index in [9.17, 15) is 4.79 Å². The summed E-state index contributed by atoms with van der Waals surface area (Å²) in [7, 11) is 2.08. The van der Waals surface area contributed by atoms with Crippen LogP contribution in [0.3, 0.4) is 0 Å². The number of rotatable bonds is 4. The van der Waals surface area contributed by atoms with Crippen LogP contribution < -0.4 is 0 Å². The van der Waals surface area contributed by atoms with Crippen molar-refractivity contribution in [3.05, 3.63) is 47.5 Å². The molecule has 2 aliphatic rings. The molecule has 0 radical (unpaired) electrons. The van der Waals surface area contributed by atoms with Gasteiger partial charge in [0.2, 0.25) is 0 Å². The Morgan fingerprint density at radius 2 is 1.81 bits per heavy atom. The molecule has 1 atom stereocenters. The molecule has 0 aliphatic carbocycles. The Hall–Kier alpha value is -2.21. The number of piperidine rings is 2. The van der Waals surface area contributed by atoms with Gasteiger partial charge in [-0.2, -0.15) is 0 Å². The minimum absolute atomic E-state index is 0.121. The van der Waals surface area contributed by atoms with E-state index >= 15 is 0 Å². The third-order valence-corrected chi connectivity index (χ3v) is 5.91. The van der Waals surface area contributed by atoms with E-state index in [2.05, 4.69) is 26.7 Å². The largest absolute Gasteiger partial charge is 0.338 e. The predicted octanol–water partition coefficient (Wildman–Crippen LogP) is 2.82. The highest BCUT2D eigenvalue weighted by Crippen LogP contribution is 2.27. The second kappa shape index (κ2) is 8.21. The Bertz CT molecular complexity index is 766. The van der Waals surface area contributed by atoms with Crippen LogP contribution in [-0.4, -0.2) is 56.7 Å². The number of aromatic nitrogens is 3. The Balaban J connectivity index is 1.44. The molecule has 1 aromatic heterocycles. The molecule has 0 N–H and O–H groups in total. The summed E-state index contributed by atoms with van der Waals surface area (Å²) in [5.41, 5.74) is 0.766. The highest BCUT2D eigenvalue weighted by molar-refractivity contribution is 5.94. The van der Waals surface area contributed by atoms with Crippen molar-refractivity contribution in [1.82, 2.24) is 24.6 Å². The second-order valence-corrected chi connectivity index (χ2v) is 7.83. The Morgan fingerprint density at radius 1 is 1.04 bits per heavy atom. The molecular weight excluding hydrogens is 338 g/mol. The number of likely N-dealkylation sites (tertiary alicyclic amines) is 2. The van der Waals surface area contributed by atoms with Crippen molar-refractivity contribution in [2.45, 2.75) is 44.6 Å². The third kappa shape index (κ3) is 4.05. The van der Waals surface area contributed by atoms with Gasteiger partial charge in [0.05, 0.1) is 6.54 Å². The molecule has 27 heavy (non-hydrogen) atoms. The lowest BCUT2D eigenvalue weighted by atomic mass is 9.96. The van der Waals surface area contributed by atoms with Crippen LogP contribution >= 0.6 is 0 Å². The number of carbonyl (C=O) groups is 1. The van der Waals surface area contributed by atoms with E-state index in [0.29, 0.717) is 0 Å². The molecule has 2 fully saturated rings. The van der Waals surface area contributed by atoms with E-state index < -0.39 is 0 Å².